The molecule has 0 saturated carbocycles. The first-order chi connectivity index (χ1) is 6.24. The predicted molar refractivity (Wildman–Crippen MR) is 48.1 cm³/mol. The van der Waals surface area contributed by atoms with E-state index in [-0.39, 0.29) is 5.69 Å². The number of carbonyl (C=O) groups is 1. The molecule has 0 fully saturated rings. The van der Waals surface area contributed by atoms with E-state index in [1.807, 2.05) is 6.92 Å². The van der Waals surface area contributed by atoms with Crippen LogP contribution in [-0.4, -0.2) is 20.7 Å². The van der Waals surface area contributed by atoms with Gasteiger partial charge in [-0.05, 0) is 13.0 Å². The van der Waals surface area contributed by atoms with Crippen molar-refractivity contribution in [2.75, 3.05) is 0 Å². The third-order valence-electron chi connectivity index (χ3n) is 1.80. The molecular weight excluding hydrogens is 190 g/mol. The summed E-state index contributed by atoms with van der Waals surface area (Å²) in [4.78, 5) is 18.4. The van der Waals surface area contributed by atoms with E-state index in [9.17, 15) is 4.79 Å². The molecule has 0 radical (unpaired) electrons. The van der Waals surface area contributed by atoms with Gasteiger partial charge in [0.05, 0.1) is 0 Å². The Morgan fingerprint density at radius 1 is 1.62 bits per heavy atom. The molecule has 4 nitrogen and oxygen atoms in total. The SMILES string of the molecule is Cc1ccnc2nc(C=O)c(Cl)n12. The topological polar surface area (TPSA) is 47.3 Å². The normalized spacial score (nSPS) is 10.6. The van der Waals surface area contributed by atoms with Crippen molar-refractivity contribution in [1.82, 2.24) is 14.4 Å². The van der Waals surface area contributed by atoms with E-state index < -0.39 is 0 Å². The minimum atomic E-state index is 0.225. The number of imidazole rings is 1. The Morgan fingerprint density at radius 3 is 3.00 bits per heavy atom. The van der Waals surface area contributed by atoms with Crippen LogP contribution in [0.25, 0.3) is 5.78 Å². The molecule has 0 saturated heterocycles. The molecular formula is C8H6ClN3O. The first-order valence-corrected chi connectivity index (χ1v) is 4.06. The van der Waals surface area contributed by atoms with Crippen LogP contribution in [-0.2, 0) is 0 Å². The van der Waals surface area contributed by atoms with Gasteiger partial charge in [-0.2, -0.15) is 0 Å². The molecule has 0 unspecified atom stereocenters. The summed E-state index contributed by atoms with van der Waals surface area (Å²) in [5, 5.41) is 0.315. The highest BCUT2D eigenvalue weighted by atomic mass is 35.5. The lowest BCUT2D eigenvalue weighted by Gasteiger charge is -1.97. The maximum atomic E-state index is 10.5. The van der Waals surface area contributed by atoms with Gasteiger partial charge in [-0.3, -0.25) is 9.20 Å². The number of hydrogen-bond donors (Lipinski definition) is 0. The Balaban J connectivity index is 2.92. The third kappa shape index (κ3) is 1.10. The summed E-state index contributed by atoms with van der Waals surface area (Å²) in [6.07, 6.45) is 2.25. The van der Waals surface area contributed by atoms with E-state index in [0.29, 0.717) is 17.2 Å². The number of nitrogens with zero attached hydrogens (tertiary/aromatic N) is 3. The molecule has 13 heavy (non-hydrogen) atoms. The minimum Gasteiger partial charge on any atom is -0.296 e. The second-order valence-corrected chi connectivity index (χ2v) is 2.99. The minimum absolute atomic E-state index is 0.225. The molecule has 2 aromatic heterocycles. The third-order valence-corrected chi connectivity index (χ3v) is 2.16. The first-order valence-electron chi connectivity index (χ1n) is 3.69. The van der Waals surface area contributed by atoms with Crippen LogP contribution in [0.5, 0.6) is 0 Å². The highest BCUT2D eigenvalue weighted by Gasteiger charge is 2.10. The number of aromatic nitrogens is 3. The van der Waals surface area contributed by atoms with Crippen molar-refractivity contribution in [1.29, 1.82) is 0 Å². The fourth-order valence-electron chi connectivity index (χ4n) is 1.17. The molecule has 2 rings (SSSR count). The van der Waals surface area contributed by atoms with Gasteiger partial charge < -0.3 is 0 Å². The predicted octanol–water partition coefficient (Wildman–Crippen LogP) is 1.50. The van der Waals surface area contributed by atoms with Gasteiger partial charge in [0.25, 0.3) is 0 Å². The molecule has 2 heterocycles. The zero-order chi connectivity index (χ0) is 9.42. The van der Waals surface area contributed by atoms with Crippen molar-refractivity contribution in [3.63, 3.8) is 0 Å². The molecule has 0 atom stereocenters. The van der Waals surface area contributed by atoms with Crippen LogP contribution in [0, 0.1) is 6.92 Å². The molecule has 0 aliphatic rings. The summed E-state index contributed by atoms with van der Waals surface area (Å²) in [6.45, 7) is 1.87. The Bertz CT molecular complexity index is 477. The zero-order valence-electron chi connectivity index (χ0n) is 6.86. The van der Waals surface area contributed by atoms with Gasteiger partial charge in [0, 0.05) is 11.9 Å². The highest BCUT2D eigenvalue weighted by molar-refractivity contribution is 6.32. The lowest BCUT2D eigenvalue weighted by Crippen LogP contribution is -1.92. The summed E-state index contributed by atoms with van der Waals surface area (Å²) < 4.78 is 1.63. The second-order valence-electron chi connectivity index (χ2n) is 2.63. The molecule has 5 heteroatoms. The largest absolute Gasteiger partial charge is 0.296 e. The van der Waals surface area contributed by atoms with Crippen LogP contribution in [0.15, 0.2) is 12.3 Å². The average Bonchev–Trinajstić information content (AvgIpc) is 2.44. The van der Waals surface area contributed by atoms with E-state index >= 15 is 0 Å². The Labute approximate surface area is 79.2 Å². The Kier molecular flexibility index (Phi) is 1.77. The number of aldehydes is 1. The number of rotatable bonds is 1. The second kappa shape index (κ2) is 2.81. The number of hydrogen-bond acceptors (Lipinski definition) is 3. The van der Waals surface area contributed by atoms with Crippen LogP contribution in [0.1, 0.15) is 16.2 Å². The van der Waals surface area contributed by atoms with Crippen molar-refractivity contribution in [2.24, 2.45) is 0 Å². The highest BCUT2D eigenvalue weighted by Crippen LogP contribution is 2.16. The van der Waals surface area contributed by atoms with Crippen molar-refractivity contribution < 1.29 is 4.79 Å². The van der Waals surface area contributed by atoms with Gasteiger partial charge in [0.15, 0.2) is 6.29 Å². The van der Waals surface area contributed by atoms with Crippen LogP contribution in [0.3, 0.4) is 0 Å². The van der Waals surface area contributed by atoms with Gasteiger partial charge in [-0.25, -0.2) is 9.97 Å². The molecule has 0 N–H and O–H groups in total. The van der Waals surface area contributed by atoms with E-state index in [1.165, 1.54) is 0 Å². The van der Waals surface area contributed by atoms with Gasteiger partial charge in [-0.1, -0.05) is 11.6 Å². The Hall–Kier alpha value is -1.42. The summed E-state index contributed by atoms with van der Waals surface area (Å²) in [5.41, 5.74) is 1.12. The van der Waals surface area contributed by atoms with Crippen LogP contribution in [0.4, 0.5) is 0 Å². The quantitative estimate of drug-likeness (QED) is 0.648. The first kappa shape index (κ1) is 8.19. The molecule has 0 aliphatic carbocycles. The van der Waals surface area contributed by atoms with Gasteiger partial charge in [0.1, 0.15) is 10.8 Å². The molecule has 0 aliphatic heterocycles. The maximum Gasteiger partial charge on any atom is 0.235 e. The smallest absolute Gasteiger partial charge is 0.235 e. The molecule has 2 aromatic rings. The molecule has 0 bridgehead atoms. The number of halogens is 1. The van der Waals surface area contributed by atoms with Crippen molar-refractivity contribution >= 4 is 23.7 Å². The van der Waals surface area contributed by atoms with E-state index in [1.54, 1.807) is 16.7 Å². The number of aryl methyl sites for hydroxylation is 1. The van der Waals surface area contributed by atoms with Gasteiger partial charge in [-0.15, -0.1) is 0 Å². The summed E-state index contributed by atoms with van der Waals surface area (Å²) in [7, 11) is 0. The van der Waals surface area contributed by atoms with Crippen LogP contribution >= 0.6 is 11.6 Å². The van der Waals surface area contributed by atoms with E-state index in [0.717, 1.165) is 5.69 Å². The Morgan fingerprint density at radius 2 is 2.38 bits per heavy atom. The molecule has 0 amide bonds. The van der Waals surface area contributed by atoms with Crippen molar-refractivity contribution in [3.05, 3.63) is 28.8 Å². The summed E-state index contributed by atoms with van der Waals surface area (Å²) in [5.74, 6) is 0.451. The summed E-state index contributed by atoms with van der Waals surface area (Å²) >= 11 is 5.89. The monoisotopic (exact) mass is 195 g/mol. The fourth-order valence-corrected chi connectivity index (χ4v) is 1.46. The fraction of sp³-hybridized carbons (Fsp3) is 0.125. The summed E-state index contributed by atoms with van der Waals surface area (Å²) in [6, 6.07) is 1.80. The van der Waals surface area contributed by atoms with Gasteiger partial charge in [0.2, 0.25) is 5.78 Å². The van der Waals surface area contributed by atoms with E-state index in [2.05, 4.69) is 9.97 Å². The molecule has 66 valence electrons. The van der Waals surface area contributed by atoms with Crippen molar-refractivity contribution in [3.8, 4) is 0 Å². The van der Waals surface area contributed by atoms with Crippen molar-refractivity contribution in [2.45, 2.75) is 6.92 Å². The lowest BCUT2D eigenvalue weighted by atomic mass is 10.4. The maximum absolute atomic E-state index is 10.5. The standard InChI is InChI=1S/C8H6ClN3O/c1-5-2-3-10-8-11-6(4-13)7(9)12(5)8/h2-4H,1H3. The molecule has 0 aromatic carbocycles. The zero-order valence-corrected chi connectivity index (χ0v) is 7.62. The number of carbonyl (C=O) groups excluding carboxylic acids is 1. The molecule has 0 spiro atoms. The van der Waals surface area contributed by atoms with Gasteiger partial charge >= 0.3 is 0 Å². The number of fused-ring (bicyclic) bond motifs is 1. The van der Waals surface area contributed by atoms with E-state index in [4.69, 9.17) is 11.6 Å². The van der Waals surface area contributed by atoms with Crippen LogP contribution in [0.2, 0.25) is 5.15 Å². The van der Waals surface area contributed by atoms with Crippen LogP contribution < -0.4 is 0 Å². The average molecular weight is 196 g/mol. The lowest BCUT2D eigenvalue weighted by molar-refractivity contribution is 0.111.